The lowest BCUT2D eigenvalue weighted by Crippen LogP contribution is -2.21. The number of hydrogen-bond donors (Lipinski definition) is 0. The number of fused-ring (bicyclic) bond motifs is 3. The van der Waals surface area contributed by atoms with Crippen LogP contribution in [0.4, 0.5) is 5.69 Å². The van der Waals surface area contributed by atoms with E-state index in [2.05, 4.69) is 51.1 Å². The minimum Gasteiger partial charge on any atom is -0.294 e. The van der Waals surface area contributed by atoms with Crippen LogP contribution in [0.2, 0.25) is 0 Å². The Kier molecular flexibility index (Phi) is 4.77. The largest absolute Gasteiger partial charge is 0.294 e. The lowest BCUT2D eigenvalue weighted by Gasteiger charge is -2.25. The van der Waals surface area contributed by atoms with Crippen molar-refractivity contribution in [2.24, 2.45) is 15.9 Å². The zero-order valence-electron chi connectivity index (χ0n) is 18.0. The van der Waals surface area contributed by atoms with E-state index in [-0.39, 0.29) is 11.8 Å². The predicted octanol–water partition coefficient (Wildman–Crippen LogP) is 6.72. The van der Waals surface area contributed by atoms with Crippen molar-refractivity contribution >= 4 is 22.9 Å². The molecule has 2 aromatic carbocycles. The van der Waals surface area contributed by atoms with E-state index in [0.717, 1.165) is 46.8 Å². The van der Waals surface area contributed by atoms with Gasteiger partial charge in [0.2, 0.25) is 0 Å². The maximum atomic E-state index is 13.1. The second-order valence-corrected chi connectivity index (χ2v) is 8.97. The zero-order chi connectivity index (χ0) is 20.8. The average Bonchev–Trinajstić information content (AvgIpc) is 3.13. The van der Waals surface area contributed by atoms with Crippen LogP contribution in [0.5, 0.6) is 0 Å². The van der Waals surface area contributed by atoms with E-state index >= 15 is 0 Å². The summed E-state index contributed by atoms with van der Waals surface area (Å²) >= 11 is 0. The first-order chi connectivity index (χ1) is 14.5. The molecule has 3 nitrogen and oxygen atoms in total. The fourth-order valence-electron chi connectivity index (χ4n) is 5.34. The Morgan fingerprint density at radius 2 is 1.73 bits per heavy atom. The molecule has 1 saturated carbocycles. The molecule has 0 radical (unpaired) electrons. The zero-order valence-corrected chi connectivity index (χ0v) is 18.0. The molecule has 1 aliphatic carbocycles. The first-order valence-corrected chi connectivity index (χ1v) is 11.1. The molecule has 0 N–H and O–H groups in total. The molecule has 0 bridgehead atoms. The maximum absolute atomic E-state index is 13.1. The van der Waals surface area contributed by atoms with Gasteiger partial charge in [-0.15, -0.1) is 0 Å². The van der Waals surface area contributed by atoms with E-state index in [9.17, 15) is 4.79 Å². The fourth-order valence-corrected chi connectivity index (χ4v) is 5.34. The maximum Gasteiger partial charge on any atom is 0.165 e. The van der Waals surface area contributed by atoms with Crippen LogP contribution in [0.25, 0.3) is 0 Å². The van der Waals surface area contributed by atoms with Crippen molar-refractivity contribution in [3.63, 3.8) is 0 Å². The smallest absolute Gasteiger partial charge is 0.165 e. The standard InChI is InChI=1S/C27H28N2O/c1-16-12-13-23-22(14-16)25-24(17(2)28-23)18(3)29-26(25)20-10-7-11-21(15-20)27(30)19-8-5-4-6-9-19/h7,10-15,19,25H,4-6,8-9H2,1-3H3. The lowest BCUT2D eigenvalue weighted by atomic mass is 9.79. The summed E-state index contributed by atoms with van der Waals surface area (Å²) in [6.07, 6.45) is 5.66. The number of carbonyl (C=O) groups excluding carboxylic acids is 1. The fraction of sp³-hybridized carbons (Fsp3) is 0.370. The first-order valence-electron chi connectivity index (χ1n) is 11.1. The predicted molar refractivity (Wildman–Crippen MR) is 123 cm³/mol. The molecule has 0 aromatic heterocycles. The summed E-state index contributed by atoms with van der Waals surface area (Å²) in [5.74, 6) is 0.581. The quantitative estimate of drug-likeness (QED) is 0.531. The summed E-state index contributed by atoms with van der Waals surface area (Å²) < 4.78 is 0. The highest BCUT2D eigenvalue weighted by Crippen LogP contribution is 2.45. The van der Waals surface area contributed by atoms with Gasteiger partial charge in [0.15, 0.2) is 5.78 Å². The number of nitrogens with zero attached hydrogens (tertiary/aromatic N) is 2. The topological polar surface area (TPSA) is 41.8 Å². The second kappa shape index (κ2) is 7.46. The molecule has 2 aromatic rings. The van der Waals surface area contributed by atoms with Gasteiger partial charge in [-0.1, -0.05) is 55.2 Å². The van der Waals surface area contributed by atoms with Crippen molar-refractivity contribution in [3.05, 3.63) is 76.0 Å². The van der Waals surface area contributed by atoms with E-state index in [0.29, 0.717) is 5.78 Å². The molecule has 0 saturated heterocycles. The van der Waals surface area contributed by atoms with Crippen molar-refractivity contribution in [1.29, 1.82) is 0 Å². The van der Waals surface area contributed by atoms with Crippen molar-refractivity contribution in [1.82, 2.24) is 0 Å². The van der Waals surface area contributed by atoms with E-state index in [1.54, 1.807) is 0 Å². The van der Waals surface area contributed by atoms with Gasteiger partial charge in [-0.05, 0) is 56.9 Å². The number of Topliss-reactive ketones (excluding diaryl/α,β-unsaturated/α-hetero) is 1. The minimum atomic E-state index is 0.0948. The Labute approximate surface area is 178 Å². The SMILES string of the molecule is CC1=Nc2ccc(C)cc2C2C(c3cccc(C(=O)C4CCCCC4)c3)=NC(C)=C12. The number of aryl methyl sites for hydroxylation is 1. The van der Waals surface area contributed by atoms with E-state index in [1.165, 1.54) is 36.0 Å². The number of rotatable bonds is 3. The summed E-state index contributed by atoms with van der Waals surface area (Å²) in [4.78, 5) is 23.0. The highest BCUT2D eigenvalue weighted by molar-refractivity contribution is 6.19. The summed E-state index contributed by atoms with van der Waals surface area (Å²) in [5.41, 5.74) is 9.70. The van der Waals surface area contributed by atoms with Gasteiger partial charge in [0.25, 0.3) is 0 Å². The highest BCUT2D eigenvalue weighted by Gasteiger charge is 2.36. The van der Waals surface area contributed by atoms with Crippen molar-refractivity contribution in [2.45, 2.75) is 58.8 Å². The van der Waals surface area contributed by atoms with Crippen LogP contribution in [0.1, 0.15) is 78.9 Å². The van der Waals surface area contributed by atoms with Gasteiger partial charge >= 0.3 is 0 Å². The molecule has 2 heterocycles. The average molecular weight is 397 g/mol. The molecule has 5 rings (SSSR count). The Morgan fingerprint density at radius 1 is 0.933 bits per heavy atom. The molecule has 0 spiro atoms. The van der Waals surface area contributed by atoms with Crippen LogP contribution in [0.15, 0.2) is 63.7 Å². The Balaban J connectivity index is 1.55. The molecule has 0 amide bonds. The van der Waals surface area contributed by atoms with Gasteiger partial charge in [0.05, 0.1) is 17.3 Å². The molecular formula is C27H28N2O. The highest BCUT2D eigenvalue weighted by atomic mass is 16.1. The van der Waals surface area contributed by atoms with Gasteiger partial charge in [-0.25, -0.2) is 0 Å². The Morgan fingerprint density at radius 3 is 2.53 bits per heavy atom. The van der Waals surface area contributed by atoms with Gasteiger partial charge < -0.3 is 0 Å². The third-order valence-corrected chi connectivity index (χ3v) is 6.83. The molecule has 2 aliphatic heterocycles. The summed E-state index contributed by atoms with van der Waals surface area (Å²) in [6, 6.07) is 14.6. The van der Waals surface area contributed by atoms with Crippen LogP contribution in [0, 0.1) is 12.8 Å². The number of benzene rings is 2. The molecular weight excluding hydrogens is 368 g/mol. The number of ketones is 1. The van der Waals surface area contributed by atoms with E-state index in [4.69, 9.17) is 9.98 Å². The second-order valence-electron chi connectivity index (χ2n) is 8.97. The molecule has 1 atom stereocenters. The van der Waals surface area contributed by atoms with Crippen LogP contribution in [-0.4, -0.2) is 17.2 Å². The van der Waals surface area contributed by atoms with Crippen LogP contribution < -0.4 is 0 Å². The van der Waals surface area contributed by atoms with Gasteiger partial charge in [-0.3, -0.25) is 14.8 Å². The van der Waals surface area contributed by atoms with Crippen molar-refractivity contribution in [3.8, 4) is 0 Å². The van der Waals surface area contributed by atoms with E-state index < -0.39 is 0 Å². The monoisotopic (exact) mass is 396 g/mol. The summed E-state index contributed by atoms with van der Waals surface area (Å²) in [6.45, 7) is 6.28. The van der Waals surface area contributed by atoms with E-state index in [1.807, 2.05) is 12.1 Å². The third kappa shape index (κ3) is 3.17. The normalized spacial score (nSPS) is 21.1. The molecule has 1 fully saturated rings. The molecule has 30 heavy (non-hydrogen) atoms. The Hall–Kier alpha value is -2.81. The van der Waals surface area contributed by atoms with Crippen molar-refractivity contribution < 1.29 is 4.79 Å². The van der Waals surface area contributed by atoms with Gasteiger partial charge in [0.1, 0.15) is 0 Å². The first kappa shape index (κ1) is 19.2. The molecule has 1 unspecified atom stereocenters. The minimum absolute atomic E-state index is 0.0948. The van der Waals surface area contributed by atoms with Crippen LogP contribution >= 0.6 is 0 Å². The number of aliphatic imine (C=N–C) groups is 2. The van der Waals surface area contributed by atoms with Crippen molar-refractivity contribution in [2.75, 3.05) is 0 Å². The third-order valence-electron chi connectivity index (χ3n) is 6.83. The molecule has 3 aliphatic rings. The summed E-state index contributed by atoms with van der Waals surface area (Å²) in [5, 5.41) is 0. The number of carbonyl (C=O) groups is 1. The molecule has 3 heteroatoms. The van der Waals surface area contributed by atoms with Gasteiger partial charge in [0, 0.05) is 28.5 Å². The number of allylic oxidation sites excluding steroid dienone is 2. The lowest BCUT2D eigenvalue weighted by molar-refractivity contribution is 0.0889. The summed E-state index contributed by atoms with van der Waals surface area (Å²) in [7, 11) is 0. The molecule has 152 valence electrons. The number of hydrogen-bond acceptors (Lipinski definition) is 3. The Bertz CT molecular complexity index is 1130. The van der Waals surface area contributed by atoms with Gasteiger partial charge in [-0.2, -0.15) is 0 Å². The van der Waals surface area contributed by atoms with Crippen LogP contribution in [-0.2, 0) is 0 Å². The van der Waals surface area contributed by atoms with Crippen LogP contribution in [0.3, 0.4) is 0 Å².